The highest BCUT2D eigenvalue weighted by Gasteiger charge is 2.41. The van der Waals surface area contributed by atoms with E-state index in [1.54, 1.807) is 0 Å². The Labute approximate surface area is 121 Å². The second-order valence-electron chi connectivity index (χ2n) is 5.22. The van der Waals surface area contributed by atoms with E-state index in [0.29, 0.717) is 24.8 Å². The van der Waals surface area contributed by atoms with Crippen LogP contribution in [0, 0.1) is 5.82 Å². The summed E-state index contributed by atoms with van der Waals surface area (Å²) in [4.78, 5) is 2.37. The van der Waals surface area contributed by atoms with Crippen molar-refractivity contribution in [2.45, 2.75) is 31.0 Å². The fraction of sp³-hybridized carbons (Fsp3) is 0.571. The molecule has 2 N–H and O–H groups in total. The van der Waals surface area contributed by atoms with Gasteiger partial charge in [0.15, 0.2) is 0 Å². The Balaban J connectivity index is 1.95. The molecule has 2 aliphatic rings. The maximum atomic E-state index is 14.2. The maximum Gasteiger partial charge on any atom is 0.129 e. The van der Waals surface area contributed by atoms with Gasteiger partial charge in [-0.25, -0.2) is 4.39 Å². The summed E-state index contributed by atoms with van der Waals surface area (Å²) in [5.41, 5.74) is 6.51. The molecule has 0 bridgehead atoms. The minimum atomic E-state index is -0.186. The normalized spacial score (nSPS) is 28.6. The Kier molecular flexibility index (Phi) is 3.89. The summed E-state index contributed by atoms with van der Waals surface area (Å²) in [5.74, 6) is -0.186. The molecule has 1 aromatic rings. The van der Waals surface area contributed by atoms with Crippen LogP contribution in [0.25, 0.3) is 0 Å². The van der Waals surface area contributed by atoms with E-state index in [9.17, 15) is 4.39 Å². The number of ether oxygens (including phenoxy) is 1. The van der Waals surface area contributed by atoms with Gasteiger partial charge < -0.3 is 10.5 Å². The van der Waals surface area contributed by atoms with Crippen LogP contribution in [-0.4, -0.2) is 36.7 Å². The summed E-state index contributed by atoms with van der Waals surface area (Å²) in [6, 6.07) is 5.76. The summed E-state index contributed by atoms with van der Waals surface area (Å²) >= 11 is 3.30. The third-order valence-corrected chi connectivity index (χ3v) is 4.41. The lowest BCUT2D eigenvalue weighted by atomic mass is 9.97. The predicted octanol–water partition coefficient (Wildman–Crippen LogP) is 2.45. The summed E-state index contributed by atoms with van der Waals surface area (Å²) in [6.07, 6.45) is 2.28. The first-order chi connectivity index (χ1) is 9.20. The minimum absolute atomic E-state index is 0.0562. The fourth-order valence-electron chi connectivity index (χ4n) is 2.89. The molecule has 0 radical (unpaired) electrons. The second kappa shape index (κ2) is 5.48. The van der Waals surface area contributed by atoms with Crippen molar-refractivity contribution in [2.24, 2.45) is 5.73 Å². The van der Waals surface area contributed by atoms with E-state index >= 15 is 0 Å². The summed E-state index contributed by atoms with van der Waals surface area (Å²) < 4.78 is 20.7. The predicted molar refractivity (Wildman–Crippen MR) is 75.4 cm³/mol. The van der Waals surface area contributed by atoms with E-state index in [1.807, 2.05) is 12.1 Å². The number of benzene rings is 1. The van der Waals surface area contributed by atoms with Crippen molar-refractivity contribution >= 4 is 15.9 Å². The van der Waals surface area contributed by atoms with Gasteiger partial charge in [0.25, 0.3) is 0 Å². The molecule has 104 valence electrons. The zero-order chi connectivity index (χ0) is 13.4. The molecule has 19 heavy (non-hydrogen) atoms. The van der Waals surface area contributed by atoms with Gasteiger partial charge >= 0.3 is 0 Å². The molecular formula is C14H18BrFN2O. The first kappa shape index (κ1) is 13.5. The molecule has 1 aromatic carbocycles. The molecule has 0 amide bonds. The highest BCUT2D eigenvalue weighted by Crippen LogP contribution is 2.39. The van der Waals surface area contributed by atoms with Gasteiger partial charge in [0.1, 0.15) is 5.82 Å². The number of hydrogen-bond donors (Lipinski definition) is 1. The molecule has 1 saturated carbocycles. The Morgan fingerprint density at radius 2 is 2.21 bits per heavy atom. The van der Waals surface area contributed by atoms with Crippen LogP contribution in [0.1, 0.15) is 24.4 Å². The number of nitrogens with zero attached hydrogens (tertiary/aromatic N) is 1. The molecule has 1 aliphatic heterocycles. The molecule has 2 unspecified atom stereocenters. The van der Waals surface area contributed by atoms with E-state index in [0.717, 1.165) is 11.0 Å². The van der Waals surface area contributed by atoms with Gasteiger partial charge in [-0.2, -0.15) is 0 Å². The van der Waals surface area contributed by atoms with E-state index < -0.39 is 0 Å². The van der Waals surface area contributed by atoms with Crippen LogP contribution < -0.4 is 5.73 Å². The van der Waals surface area contributed by atoms with E-state index in [1.165, 1.54) is 18.9 Å². The number of rotatable bonds is 3. The number of hydrogen-bond acceptors (Lipinski definition) is 3. The first-order valence-corrected chi connectivity index (χ1v) is 7.52. The Hall–Kier alpha value is -0.490. The zero-order valence-electron chi connectivity index (χ0n) is 10.7. The SMILES string of the molecule is NCC1OCCN(C2CC2)C1c1ccc(Br)cc1F. The standard InChI is InChI=1S/C14H18BrFN2O/c15-9-1-4-11(12(16)7-9)14-13(8-17)19-6-5-18(14)10-2-3-10/h1,4,7,10,13-14H,2-3,5-6,8,17H2. The minimum Gasteiger partial charge on any atom is -0.374 e. The molecule has 2 atom stereocenters. The van der Waals surface area contributed by atoms with Crippen LogP contribution in [0.15, 0.2) is 22.7 Å². The van der Waals surface area contributed by atoms with Gasteiger partial charge in [-0.15, -0.1) is 0 Å². The molecule has 1 heterocycles. The highest BCUT2D eigenvalue weighted by atomic mass is 79.9. The lowest BCUT2D eigenvalue weighted by Gasteiger charge is -2.41. The van der Waals surface area contributed by atoms with Crippen LogP contribution in [0.3, 0.4) is 0 Å². The summed E-state index contributed by atoms with van der Waals surface area (Å²) in [5, 5.41) is 0. The third kappa shape index (κ3) is 2.70. The molecule has 2 fully saturated rings. The molecule has 3 nitrogen and oxygen atoms in total. The maximum absolute atomic E-state index is 14.2. The number of morpholine rings is 1. The summed E-state index contributed by atoms with van der Waals surface area (Å²) in [7, 11) is 0. The average Bonchev–Trinajstić information content (AvgIpc) is 3.22. The molecule has 0 spiro atoms. The van der Waals surface area contributed by atoms with Crippen LogP contribution in [0.5, 0.6) is 0 Å². The molecule has 5 heteroatoms. The van der Waals surface area contributed by atoms with Crippen molar-refractivity contribution < 1.29 is 9.13 Å². The lowest BCUT2D eigenvalue weighted by molar-refractivity contribution is -0.0722. The van der Waals surface area contributed by atoms with E-state index in [4.69, 9.17) is 10.5 Å². The molecule has 1 saturated heterocycles. The van der Waals surface area contributed by atoms with Crippen LogP contribution in [0.2, 0.25) is 0 Å². The topological polar surface area (TPSA) is 38.5 Å². The Bertz CT molecular complexity index is 467. The van der Waals surface area contributed by atoms with Crippen molar-refractivity contribution in [1.82, 2.24) is 4.90 Å². The monoisotopic (exact) mass is 328 g/mol. The van der Waals surface area contributed by atoms with Crippen LogP contribution >= 0.6 is 15.9 Å². The van der Waals surface area contributed by atoms with Crippen molar-refractivity contribution in [2.75, 3.05) is 19.7 Å². The van der Waals surface area contributed by atoms with Gasteiger partial charge in [-0.1, -0.05) is 22.0 Å². The first-order valence-electron chi connectivity index (χ1n) is 6.73. The van der Waals surface area contributed by atoms with Gasteiger partial charge in [0.05, 0.1) is 18.8 Å². The summed E-state index contributed by atoms with van der Waals surface area (Å²) in [6.45, 7) is 1.97. The fourth-order valence-corrected chi connectivity index (χ4v) is 3.22. The molecule has 0 aromatic heterocycles. The van der Waals surface area contributed by atoms with Crippen molar-refractivity contribution in [1.29, 1.82) is 0 Å². The Morgan fingerprint density at radius 3 is 2.84 bits per heavy atom. The molecular weight excluding hydrogens is 311 g/mol. The average molecular weight is 329 g/mol. The van der Waals surface area contributed by atoms with Crippen molar-refractivity contribution in [3.05, 3.63) is 34.1 Å². The van der Waals surface area contributed by atoms with Crippen molar-refractivity contribution in [3.63, 3.8) is 0 Å². The highest BCUT2D eigenvalue weighted by molar-refractivity contribution is 9.10. The van der Waals surface area contributed by atoms with E-state index in [2.05, 4.69) is 20.8 Å². The largest absolute Gasteiger partial charge is 0.374 e. The number of halogens is 2. The van der Waals surface area contributed by atoms with Gasteiger partial charge in [-0.3, -0.25) is 4.90 Å². The van der Waals surface area contributed by atoms with Gasteiger partial charge in [0.2, 0.25) is 0 Å². The van der Waals surface area contributed by atoms with Crippen LogP contribution in [0.4, 0.5) is 4.39 Å². The van der Waals surface area contributed by atoms with E-state index in [-0.39, 0.29) is 18.0 Å². The van der Waals surface area contributed by atoms with Crippen molar-refractivity contribution in [3.8, 4) is 0 Å². The number of nitrogens with two attached hydrogens (primary N) is 1. The quantitative estimate of drug-likeness (QED) is 0.926. The second-order valence-corrected chi connectivity index (χ2v) is 6.14. The zero-order valence-corrected chi connectivity index (χ0v) is 12.3. The smallest absolute Gasteiger partial charge is 0.129 e. The van der Waals surface area contributed by atoms with Gasteiger partial charge in [0, 0.05) is 29.2 Å². The Morgan fingerprint density at radius 1 is 1.42 bits per heavy atom. The lowest BCUT2D eigenvalue weighted by Crippen LogP contribution is -2.49. The molecule has 3 rings (SSSR count). The van der Waals surface area contributed by atoms with Gasteiger partial charge in [-0.05, 0) is 25.0 Å². The van der Waals surface area contributed by atoms with Crippen LogP contribution in [-0.2, 0) is 4.74 Å². The third-order valence-electron chi connectivity index (χ3n) is 3.92. The molecule has 1 aliphatic carbocycles.